The highest BCUT2D eigenvalue weighted by atomic mass is 32.2. The first-order valence-corrected chi connectivity index (χ1v) is 22.8. The minimum absolute atomic E-state index is 0.0393. The largest absolute Gasteiger partial charge is 0.490 e. The first-order chi connectivity index (χ1) is 30.8. The number of anilines is 1. The van der Waals surface area contributed by atoms with Gasteiger partial charge >= 0.3 is 10.2 Å². The molecular formula is C46H49F2N7O8S. The predicted octanol–water partition coefficient (Wildman–Crippen LogP) is 5.78. The number of benzene rings is 3. The molecule has 3 aromatic carbocycles. The third-order valence-corrected chi connectivity index (χ3v) is 13.8. The Morgan fingerprint density at radius 1 is 0.891 bits per heavy atom. The Kier molecular flexibility index (Phi) is 13.1. The van der Waals surface area contributed by atoms with Crippen LogP contribution in [0.1, 0.15) is 72.9 Å². The van der Waals surface area contributed by atoms with Crippen molar-refractivity contribution in [3.63, 3.8) is 0 Å². The van der Waals surface area contributed by atoms with Crippen LogP contribution in [0.25, 0.3) is 22.2 Å². The summed E-state index contributed by atoms with van der Waals surface area (Å²) in [6.07, 6.45) is 6.05. The number of ketones is 1. The second-order valence-electron chi connectivity index (χ2n) is 16.4. The fraction of sp³-hybridized carbons (Fsp3) is 0.370. The van der Waals surface area contributed by atoms with Gasteiger partial charge in [-0.25, -0.2) is 13.8 Å². The molecule has 0 saturated carbocycles. The quantitative estimate of drug-likeness (QED) is 0.0913. The average molecular weight is 898 g/mol. The van der Waals surface area contributed by atoms with E-state index in [0.717, 1.165) is 47.9 Å². The van der Waals surface area contributed by atoms with Crippen LogP contribution >= 0.6 is 0 Å². The van der Waals surface area contributed by atoms with Crippen LogP contribution in [0.15, 0.2) is 79.1 Å². The van der Waals surface area contributed by atoms with Crippen molar-refractivity contribution in [3.05, 3.63) is 107 Å². The van der Waals surface area contributed by atoms with Gasteiger partial charge in [0.2, 0.25) is 17.6 Å². The van der Waals surface area contributed by atoms with E-state index < -0.39 is 50.9 Å². The number of piperidine rings is 3. The topological polar surface area (TPSA) is 183 Å². The fourth-order valence-electron chi connectivity index (χ4n) is 8.34. The van der Waals surface area contributed by atoms with E-state index in [1.54, 1.807) is 19.2 Å². The van der Waals surface area contributed by atoms with E-state index in [4.69, 9.17) is 9.47 Å². The van der Waals surface area contributed by atoms with E-state index in [1.165, 1.54) is 18.8 Å². The van der Waals surface area contributed by atoms with Gasteiger partial charge < -0.3 is 19.4 Å². The average Bonchev–Trinajstić information content (AvgIpc) is 3.72. The van der Waals surface area contributed by atoms with Gasteiger partial charge in [0.25, 0.3) is 5.91 Å². The molecule has 5 aromatic rings. The van der Waals surface area contributed by atoms with Crippen LogP contribution in [0.3, 0.4) is 0 Å². The molecule has 0 bridgehead atoms. The number of likely N-dealkylation sites (tertiary alicyclic amines) is 2. The Balaban J connectivity index is 0.812. The van der Waals surface area contributed by atoms with E-state index in [2.05, 4.69) is 24.9 Å². The molecule has 3 N–H and O–H groups in total. The van der Waals surface area contributed by atoms with Crippen LogP contribution in [0.4, 0.5) is 14.5 Å². The minimum atomic E-state index is -4.14. The number of nitrogens with one attached hydrogen (secondary N) is 3. The molecule has 15 nitrogen and oxygen atoms in total. The highest BCUT2D eigenvalue weighted by molar-refractivity contribution is 7.90. The van der Waals surface area contributed by atoms with Gasteiger partial charge in [0.15, 0.2) is 11.9 Å². The molecule has 3 saturated heterocycles. The number of amides is 3. The lowest BCUT2D eigenvalue weighted by Crippen LogP contribution is -2.47. The van der Waals surface area contributed by atoms with Gasteiger partial charge in [-0.1, -0.05) is 31.2 Å². The third-order valence-electron chi connectivity index (χ3n) is 12.2. The summed E-state index contributed by atoms with van der Waals surface area (Å²) >= 11 is 0. The van der Waals surface area contributed by atoms with Crippen LogP contribution in [0.5, 0.6) is 11.5 Å². The zero-order chi connectivity index (χ0) is 45.1. The van der Waals surface area contributed by atoms with Gasteiger partial charge in [0, 0.05) is 81.3 Å². The number of halogens is 2. The maximum absolute atomic E-state index is 15.6. The third kappa shape index (κ3) is 9.78. The van der Waals surface area contributed by atoms with Crippen LogP contribution < -0.4 is 19.5 Å². The SMILES string of the molecule is CCN(C)S(=O)(=O)Nc1ccc(F)c(C(=O)c2c[nH]c3ncc(-c4ccc(OC5CCN(C(=O)CN6CCC(c7ccc(OC8CCC(=O)NC8=O)cc7)CC6)CC5)cc4)cc23)c1F. The zero-order valence-electron chi connectivity index (χ0n) is 35.4. The van der Waals surface area contributed by atoms with E-state index in [-0.39, 0.29) is 36.4 Å². The molecule has 3 amide bonds. The molecule has 1 unspecified atom stereocenters. The van der Waals surface area contributed by atoms with Gasteiger partial charge in [-0.2, -0.15) is 12.7 Å². The van der Waals surface area contributed by atoms with Crippen molar-refractivity contribution in [2.45, 2.75) is 63.6 Å². The number of ether oxygens (including phenoxy) is 2. The minimum Gasteiger partial charge on any atom is -0.490 e. The Hall–Kier alpha value is -6.24. The lowest BCUT2D eigenvalue weighted by molar-refractivity contribution is -0.139. The first kappa shape index (κ1) is 44.4. The monoisotopic (exact) mass is 897 g/mol. The molecule has 3 fully saturated rings. The van der Waals surface area contributed by atoms with Gasteiger partial charge in [-0.3, -0.25) is 34.1 Å². The van der Waals surface area contributed by atoms with Gasteiger partial charge in [-0.05, 0) is 85.4 Å². The molecule has 0 spiro atoms. The summed E-state index contributed by atoms with van der Waals surface area (Å²) in [4.78, 5) is 61.9. The number of H-pyrrole nitrogens is 1. The van der Waals surface area contributed by atoms with Gasteiger partial charge in [0.1, 0.15) is 29.1 Å². The summed E-state index contributed by atoms with van der Waals surface area (Å²) in [6, 6.07) is 18.6. The van der Waals surface area contributed by atoms with Crippen molar-refractivity contribution >= 4 is 50.4 Å². The molecule has 18 heteroatoms. The highest BCUT2D eigenvalue weighted by Crippen LogP contribution is 2.33. The summed E-state index contributed by atoms with van der Waals surface area (Å²) in [5, 5.41) is 2.64. The number of carbonyl (C=O) groups excluding carboxylic acids is 4. The number of imide groups is 1. The summed E-state index contributed by atoms with van der Waals surface area (Å²) < 4.78 is 70.9. The second-order valence-corrected chi connectivity index (χ2v) is 18.1. The molecule has 3 aliphatic rings. The lowest BCUT2D eigenvalue weighted by Gasteiger charge is -2.36. The molecule has 0 aliphatic carbocycles. The van der Waals surface area contributed by atoms with Crippen LogP contribution in [0.2, 0.25) is 0 Å². The van der Waals surface area contributed by atoms with Crippen molar-refractivity contribution in [2.75, 3.05) is 51.0 Å². The summed E-state index contributed by atoms with van der Waals surface area (Å²) in [5.41, 5.74) is 1.42. The fourth-order valence-corrected chi connectivity index (χ4v) is 9.27. The summed E-state index contributed by atoms with van der Waals surface area (Å²) in [5.74, 6) is -2.41. The number of aromatic nitrogens is 2. The maximum Gasteiger partial charge on any atom is 0.301 e. The molecule has 0 radical (unpaired) electrons. The molecule has 3 aliphatic heterocycles. The van der Waals surface area contributed by atoms with Gasteiger partial charge in [0.05, 0.1) is 17.8 Å². The maximum atomic E-state index is 15.6. The van der Waals surface area contributed by atoms with Crippen LogP contribution in [0, 0.1) is 11.6 Å². The van der Waals surface area contributed by atoms with E-state index in [9.17, 15) is 27.6 Å². The molecule has 5 heterocycles. The number of nitrogens with zero attached hydrogens (tertiary/aromatic N) is 4. The number of hydrogen-bond acceptors (Lipinski definition) is 10. The number of carbonyl (C=O) groups is 4. The summed E-state index contributed by atoms with van der Waals surface area (Å²) in [7, 11) is -2.85. The Morgan fingerprint density at radius 2 is 1.58 bits per heavy atom. The Labute approximate surface area is 369 Å². The molecule has 1 atom stereocenters. The Morgan fingerprint density at radius 3 is 2.27 bits per heavy atom. The Bertz CT molecular complexity index is 2660. The van der Waals surface area contributed by atoms with Crippen molar-refractivity contribution in [1.82, 2.24) is 29.4 Å². The first-order valence-electron chi connectivity index (χ1n) is 21.4. The van der Waals surface area contributed by atoms with Crippen molar-refractivity contribution < 1.29 is 45.9 Å². The number of hydrogen-bond donors (Lipinski definition) is 3. The molecule has 336 valence electrons. The molecule has 8 rings (SSSR count). The van der Waals surface area contributed by atoms with Crippen molar-refractivity contribution in [1.29, 1.82) is 0 Å². The standard InChI is InChI=1S/C46H49F2N7O8S/c1-3-53(2)64(60,61)52-38-13-12-37(47)42(43(38)48)44(58)36-26-50-45-35(36)24-31(25-49-45)29-6-8-32(9-7-29)62-34-18-22-55(23-19-34)41(57)27-54-20-16-30(17-21-54)28-4-10-33(11-5-28)63-39-14-15-40(56)51-46(39)59/h4-13,24-26,30,34,39,52H,3,14-23,27H2,1-2H3,(H,49,50)(H,51,56,59). The smallest absolute Gasteiger partial charge is 0.301 e. The molecular weight excluding hydrogens is 849 g/mol. The highest BCUT2D eigenvalue weighted by Gasteiger charge is 2.31. The molecule has 2 aromatic heterocycles. The van der Waals surface area contributed by atoms with Crippen LogP contribution in [-0.4, -0.2) is 115 Å². The number of pyridine rings is 1. The van der Waals surface area contributed by atoms with E-state index >= 15 is 8.78 Å². The lowest BCUT2D eigenvalue weighted by atomic mass is 9.89. The van der Waals surface area contributed by atoms with Gasteiger partial charge in [-0.15, -0.1) is 0 Å². The number of aromatic amines is 1. The normalized spacial score (nSPS) is 18.0. The predicted molar refractivity (Wildman–Crippen MR) is 234 cm³/mol. The summed E-state index contributed by atoms with van der Waals surface area (Å²) in [6.45, 7) is 4.89. The number of rotatable bonds is 14. The zero-order valence-corrected chi connectivity index (χ0v) is 36.3. The van der Waals surface area contributed by atoms with E-state index in [0.29, 0.717) is 72.9 Å². The van der Waals surface area contributed by atoms with Crippen molar-refractivity contribution in [2.24, 2.45) is 0 Å². The number of fused-ring (bicyclic) bond motifs is 1. The second kappa shape index (κ2) is 18.8. The molecule has 64 heavy (non-hydrogen) atoms. The van der Waals surface area contributed by atoms with E-state index in [1.807, 2.05) is 53.4 Å². The van der Waals surface area contributed by atoms with Crippen molar-refractivity contribution in [3.8, 4) is 22.6 Å². The van der Waals surface area contributed by atoms with Crippen LogP contribution in [-0.2, 0) is 24.6 Å².